The molecule has 4 rings (SSSR count). The van der Waals surface area contributed by atoms with Crippen molar-refractivity contribution in [3.63, 3.8) is 0 Å². The summed E-state index contributed by atoms with van der Waals surface area (Å²) < 4.78 is 6.57. The second-order valence-corrected chi connectivity index (χ2v) is 6.46. The third-order valence-electron chi connectivity index (χ3n) is 4.61. The monoisotopic (exact) mass is 403 g/mol. The first-order valence-electron chi connectivity index (χ1n) is 9.05. The van der Waals surface area contributed by atoms with Crippen molar-refractivity contribution in [2.75, 3.05) is 12.4 Å². The molecule has 2 aromatic carbocycles. The van der Waals surface area contributed by atoms with Crippen LogP contribution in [0.3, 0.4) is 0 Å². The summed E-state index contributed by atoms with van der Waals surface area (Å²) in [5, 5.41) is 14.3. The average molecular weight is 403 g/mol. The summed E-state index contributed by atoms with van der Waals surface area (Å²) in [7, 11) is 1.20. The van der Waals surface area contributed by atoms with E-state index in [1.165, 1.54) is 13.3 Å². The summed E-state index contributed by atoms with van der Waals surface area (Å²) >= 11 is 0. The molecule has 0 atom stereocenters. The van der Waals surface area contributed by atoms with Crippen LogP contribution in [0, 0.1) is 10.1 Å². The van der Waals surface area contributed by atoms with Crippen LogP contribution in [0.4, 0.5) is 11.5 Å². The van der Waals surface area contributed by atoms with Crippen molar-refractivity contribution in [3.8, 4) is 5.69 Å². The molecule has 0 saturated heterocycles. The molecule has 150 valence electrons. The van der Waals surface area contributed by atoms with Gasteiger partial charge in [-0.3, -0.25) is 14.7 Å². The Bertz CT molecular complexity index is 1230. The highest BCUT2D eigenvalue weighted by atomic mass is 16.6. The third kappa shape index (κ3) is 3.68. The zero-order valence-electron chi connectivity index (χ0n) is 16.0. The number of hydrogen-bond acceptors (Lipinski definition) is 7. The molecule has 0 amide bonds. The number of benzene rings is 2. The predicted molar refractivity (Wildman–Crippen MR) is 111 cm³/mol. The van der Waals surface area contributed by atoms with Crippen LogP contribution < -0.4 is 5.32 Å². The maximum atomic E-state index is 11.6. The standard InChI is InChI=1S/C21H17N5O4/c1-30-21(27)15-10-19(26(28)29)20(23-12-15)22-11-14-6-8-16(9-7-14)25-13-24-17-4-2-3-5-18(17)25/h2-10,12-13H,11H2,1H3,(H,22,23). The number of pyridine rings is 1. The fourth-order valence-electron chi connectivity index (χ4n) is 3.08. The SMILES string of the molecule is COC(=O)c1cnc(NCc2ccc(-n3cnc4ccccc43)cc2)c([N+](=O)[O-])c1. The van der Waals surface area contributed by atoms with E-state index in [0.29, 0.717) is 6.54 Å². The molecule has 9 nitrogen and oxygen atoms in total. The number of fused-ring (bicyclic) bond motifs is 1. The second kappa shape index (κ2) is 8.00. The van der Waals surface area contributed by atoms with Gasteiger partial charge >= 0.3 is 11.7 Å². The minimum atomic E-state index is -0.681. The maximum Gasteiger partial charge on any atom is 0.339 e. The number of para-hydroxylation sites is 2. The summed E-state index contributed by atoms with van der Waals surface area (Å²) in [5.41, 5.74) is 3.52. The molecule has 0 fully saturated rings. The van der Waals surface area contributed by atoms with E-state index in [2.05, 4.69) is 20.0 Å². The third-order valence-corrected chi connectivity index (χ3v) is 4.61. The lowest BCUT2D eigenvalue weighted by Gasteiger charge is -2.09. The lowest BCUT2D eigenvalue weighted by atomic mass is 10.2. The number of esters is 1. The van der Waals surface area contributed by atoms with Crippen molar-refractivity contribution in [1.29, 1.82) is 0 Å². The van der Waals surface area contributed by atoms with Gasteiger partial charge in [0.2, 0.25) is 5.82 Å². The first-order valence-corrected chi connectivity index (χ1v) is 9.05. The van der Waals surface area contributed by atoms with Crippen LogP contribution in [0.5, 0.6) is 0 Å². The number of nitro groups is 1. The normalized spacial score (nSPS) is 10.7. The molecule has 0 radical (unpaired) electrons. The van der Waals surface area contributed by atoms with E-state index < -0.39 is 10.9 Å². The number of nitrogens with zero attached hydrogens (tertiary/aromatic N) is 4. The molecular formula is C21H17N5O4. The molecule has 0 aliphatic rings. The largest absolute Gasteiger partial charge is 0.465 e. The van der Waals surface area contributed by atoms with Gasteiger partial charge in [0.05, 0.1) is 28.6 Å². The van der Waals surface area contributed by atoms with Crippen LogP contribution in [-0.2, 0) is 11.3 Å². The van der Waals surface area contributed by atoms with Crippen molar-refractivity contribution in [3.05, 3.63) is 88.4 Å². The van der Waals surface area contributed by atoms with Gasteiger partial charge in [0.1, 0.15) is 6.33 Å². The number of anilines is 1. The minimum absolute atomic E-state index is 0.0201. The van der Waals surface area contributed by atoms with Crippen molar-refractivity contribution >= 4 is 28.5 Å². The van der Waals surface area contributed by atoms with E-state index >= 15 is 0 Å². The molecular weight excluding hydrogens is 386 g/mol. The van der Waals surface area contributed by atoms with E-state index in [-0.39, 0.29) is 17.1 Å². The van der Waals surface area contributed by atoms with Gasteiger partial charge in [-0.1, -0.05) is 24.3 Å². The predicted octanol–water partition coefficient (Wildman–Crippen LogP) is 3.73. The molecule has 0 aliphatic heterocycles. The first-order chi connectivity index (χ1) is 14.6. The summed E-state index contributed by atoms with van der Waals surface area (Å²) in [6.07, 6.45) is 3.02. The van der Waals surface area contributed by atoms with Crippen LogP contribution >= 0.6 is 0 Å². The molecule has 0 unspecified atom stereocenters. The van der Waals surface area contributed by atoms with Crippen molar-refractivity contribution in [2.24, 2.45) is 0 Å². The van der Waals surface area contributed by atoms with Gasteiger partial charge in [-0.25, -0.2) is 14.8 Å². The Morgan fingerprint density at radius 3 is 2.67 bits per heavy atom. The molecule has 0 bridgehead atoms. The number of aromatic nitrogens is 3. The zero-order chi connectivity index (χ0) is 21.1. The number of methoxy groups -OCH3 is 1. The number of imidazole rings is 1. The van der Waals surface area contributed by atoms with Crippen molar-refractivity contribution in [1.82, 2.24) is 14.5 Å². The summed E-state index contributed by atoms with van der Waals surface area (Å²) in [6.45, 7) is 0.330. The van der Waals surface area contributed by atoms with E-state index in [1.807, 2.05) is 53.1 Å². The molecule has 4 aromatic rings. The zero-order valence-corrected chi connectivity index (χ0v) is 16.0. The quantitative estimate of drug-likeness (QED) is 0.296. The number of nitrogens with one attached hydrogen (secondary N) is 1. The molecule has 30 heavy (non-hydrogen) atoms. The molecule has 1 N–H and O–H groups in total. The van der Waals surface area contributed by atoms with Gasteiger partial charge < -0.3 is 10.1 Å². The molecule has 9 heteroatoms. The highest BCUT2D eigenvalue weighted by Gasteiger charge is 2.19. The Labute approximate surface area is 171 Å². The highest BCUT2D eigenvalue weighted by molar-refractivity contribution is 5.90. The first kappa shape index (κ1) is 19.1. The second-order valence-electron chi connectivity index (χ2n) is 6.46. The summed E-state index contributed by atoms with van der Waals surface area (Å²) in [5.74, 6) is -0.600. The lowest BCUT2D eigenvalue weighted by molar-refractivity contribution is -0.384. The van der Waals surface area contributed by atoms with Crippen molar-refractivity contribution < 1.29 is 14.5 Å². The van der Waals surface area contributed by atoms with Gasteiger partial charge in [0, 0.05) is 24.5 Å². The smallest absolute Gasteiger partial charge is 0.339 e. The molecule has 0 saturated carbocycles. The Balaban J connectivity index is 1.52. The topological polar surface area (TPSA) is 112 Å². The van der Waals surface area contributed by atoms with Gasteiger partial charge in [0.25, 0.3) is 0 Å². The van der Waals surface area contributed by atoms with Gasteiger partial charge in [-0.2, -0.15) is 0 Å². The van der Waals surface area contributed by atoms with Gasteiger partial charge in [-0.05, 0) is 29.8 Å². The van der Waals surface area contributed by atoms with Crippen LogP contribution in [0.1, 0.15) is 15.9 Å². The number of carbonyl (C=O) groups excluding carboxylic acids is 1. The van der Waals surface area contributed by atoms with Crippen LogP contribution in [0.2, 0.25) is 0 Å². The fourth-order valence-corrected chi connectivity index (χ4v) is 3.08. The minimum Gasteiger partial charge on any atom is -0.465 e. The Morgan fingerprint density at radius 1 is 1.17 bits per heavy atom. The molecule has 2 aromatic heterocycles. The summed E-state index contributed by atoms with van der Waals surface area (Å²) in [6, 6.07) is 16.8. The van der Waals surface area contributed by atoms with E-state index in [1.54, 1.807) is 6.33 Å². The lowest BCUT2D eigenvalue weighted by Crippen LogP contribution is -2.08. The van der Waals surface area contributed by atoms with E-state index in [9.17, 15) is 14.9 Å². The Morgan fingerprint density at radius 2 is 1.93 bits per heavy atom. The van der Waals surface area contributed by atoms with Crippen LogP contribution in [-0.4, -0.2) is 32.5 Å². The number of ether oxygens (including phenoxy) is 1. The Kier molecular flexibility index (Phi) is 5.08. The Hall–Kier alpha value is -4.27. The van der Waals surface area contributed by atoms with Crippen molar-refractivity contribution in [2.45, 2.75) is 6.54 Å². The maximum absolute atomic E-state index is 11.6. The summed E-state index contributed by atoms with van der Waals surface area (Å²) in [4.78, 5) is 30.7. The number of hydrogen-bond donors (Lipinski definition) is 1. The molecule has 0 spiro atoms. The number of carbonyl (C=O) groups is 1. The average Bonchev–Trinajstić information content (AvgIpc) is 3.21. The number of rotatable bonds is 6. The van der Waals surface area contributed by atoms with Crippen LogP contribution in [0.25, 0.3) is 16.7 Å². The van der Waals surface area contributed by atoms with Crippen LogP contribution in [0.15, 0.2) is 67.1 Å². The highest BCUT2D eigenvalue weighted by Crippen LogP contribution is 2.24. The molecule has 0 aliphatic carbocycles. The molecule has 2 heterocycles. The van der Waals surface area contributed by atoms with E-state index in [4.69, 9.17) is 0 Å². The van der Waals surface area contributed by atoms with Gasteiger partial charge in [-0.15, -0.1) is 0 Å². The van der Waals surface area contributed by atoms with E-state index in [0.717, 1.165) is 28.4 Å². The fraction of sp³-hybridized carbons (Fsp3) is 0.0952. The van der Waals surface area contributed by atoms with Gasteiger partial charge in [0.15, 0.2) is 0 Å².